The summed E-state index contributed by atoms with van der Waals surface area (Å²) in [5.74, 6) is 1.70. The van der Waals surface area contributed by atoms with Crippen molar-refractivity contribution in [2.75, 3.05) is 25.5 Å². The summed E-state index contributed by atoms with van der Waals surface area (Å²) in [6.07, 6.45) is 3.89. The van der Waals surface area contributed by atoms with E-state index in [0.29, 0.717) is 5.76 Å². The van der Waals surface area contributed by atoms with E-state index in [0.717, 1.165) is 29.8 Å². The minimum atomic E-state index is -0.215. The minimum Gasteiger partial charge on any atom is -0.497 e. The zero-order valence-corrected chi connectivity index (χ0v) is 19.4. The highest BCUT2D eigenvalue weighted by molar-refractivity contribution is 7.16. The topological polar surface area (TPSA) is 54.7 Å². The Morgan fingerprint density at radius 3 is 2.52 bits per heavy atom. The van der Waals surface area contributed by atoms with Gasteiger partial charge >= 0.3 is 0 Å². The molecule has 164 valence electrons. The summed E-state index contributed by atoms with van der Waals surface area (Å²) in [6.45, 7) is 8.69. The molecule has 4 rings (SSSR count). The molecule has 0 unspecified atom stereocenters. The molecule has 3 heterocycles. The van der Waals surface area contributed by atoms with Gasteiger partial charge in [-0.1, -0.05) is 19.1 Å². The molecule has 1 atom stereocenters. The van der Waals surface area contributed by atoms with Crippen molar-refractivity contribution < 1.29 is 13.9 Å². The first-order valence-corrected chi connectivity index (χ1v) is 11.6. The molecule has 0 bridgehead atoms. The van der Waals surface area contributed by atoms with Crippen LogP contribution in [-0.4, -0.2) is 31.0 Å². The van der Waals surface area contributed by atoms with Crippen molar-refractivity contribution in [3.8, 4) is 5.75 Å². The molecule has 0 spiro atoms. The second-order valence-electron chi connectivity index (χ2n) is 8.35. The summed E-state index contributed by atoms with van der Waals surface area (Å²) in [4.78, 5) is 16.6. The van der Waals surface area contributed by atoms with Crippen LogP contribution in [0.2, 0.25) is 0 Å². The SMILES string of the molecule is COc1ccc([C@H](c2c(NC(=O)c3ccco3)sc(C)c2C)N2CCC(C)CC2)cc1. The first-order valence-electron chi connectivity index (χ1n) is 10.8. The van der Waals surface area contributed by atoms with E-state index in [1.807, 2.05) is 12.1 Å². The highest BCUT2D eigenvalue weighted by Gasteiger charge is 2.31. The molecule has 5 nitrogen and oxygen atoms in total. The maximum absolute atomic E-state index is 12.8. The summed E-state index contributed by atoms with van der Waals surface area (Å²) in [6, 6.07) is 11.8. The zero-order valence-electron chi connectivity index (χ0n) is 18.6. The molecule has 1 aromatic carbocycles. The van der Waals surface area contributed by atoms with Crippen molar-refractivity contribution in [3.05, 3.63) is 70.0 Å². The number of amides is 1. The Morgan fingerprint density at radius 1 is 1.19 bits per heavy atom. The lowest BCUT2D eigenvalue weighted by molar-refractivity contribution is 0.0996. The average Bonchev–Trinajstić information content (AvgIpc) is 3.40. The van der Waals surface area contributed by atoms with Crippen LogP contribution < -0.4 is 10.1 Å². The van der Waals surface area contributed by atoms with Crippen molar-refractivity contribution in [1.82, 2.24) is 4.90 Å². The van der Waals surface area contributed by atoms with Gasteiger partial charge in [0.25, 0.3) is 5.91 Å². The number of likely N-dealkylation sites (tertiary alicyclic amines) is 1. The molecule has 1 N–H and O–H groups in total. The van der Waals surface area contributed by atoms with Gasteiger partial charge < -0.3 is 14.5 Å². The standard InChI is InChI=1S/C25H30N2O3S/c1-16-11-13-27(14-12-16)23(19-7-9-20(29-4)10-8-19)22-17(2)18(3)31-25(22)26-24(28)21-6-5-15-30-21/h5-10,15-16,23H,11-14H2,1-4H3,(H,26,28)/t23-/m1/s1. The van der Waals surface area contributed by atoms with E-state index in [1.54, 1.807) is 30.6 Å². The van der Waals surface area contributed by atoms with Gasteiger partial charge in [-0.15, -0.1) is 11.3 Å². The normalized spacial score (nSPS) is 16.3. The van der Waals surface area contributed by atoms with Crippen molar-refractivity contribution in [3.63, 3.8) is 0 Å². The van der Waals surface area contributed by atoms with E-state index in [2.05, 4.69) is 43.1 Å². The van der Waals surface area contributed by atoms with E-state index in [-0.39, 0.29) is 11.9 Å². The van der Waals surface area contributed by atoms with Gasteiger partial charge in [0.1, 0.15) is 10.8 Å². The molecule has 0 saturated carbocycles. The van der Waals surface area contributed by atoms with Gasteiger partial charge in [0.05, 0.1) is 19.4 Å². The molecule has 6 heteroatoms. The predicted molar refractivity (Wildman–Crippen MR) is 125 cm³/mol. The number of aryl methyl sites for hydroxylation is 1. The van der Waals surface area contributed by atoms with Crippen molar-refractivity contribution >= 4 is 22.2 Å². The molecule has 2 aromatic heterocycles. The summed E-state index contributed by atoms with van der Waals surface area (Å²) in [7, 11) is 1.69. The number of anilines is 1. The van der Waals surface area contributed by atoms with Crippen molar-refractivity contribution in [2.45, 2.75) is 39.7 Å². The van der Waals surface area contributed by atoms with E-state index < -0.39 is 0 Å². The first-order chi connectivity index (χ1) is 15.0. The number of rotatable bonds is 6. The monoisotopic (exact) mass is 438 g/mol. The van der Waals surface area contributed by atoms with Crippen LogP contribution in [0.4, 0.5) is 5.00 Å². The third kappa shape index (κ3) is 4.55. The highest BCUT2D eigenvalue weighted by atomic mass is 32.1. The van der Waals surface area contributed by atoms with Gasteiger partial charge in [-0.25, -0.2) is 0 Å². The van der Waals surface area contributed by atoms with Crippen LogP contribution in [-0.2, 0) is 0 Å². The second-order valence-corrected chi connectivity index (χ2v) is 9.58. The molecule has 1 fully saturated rings. The summed E-state index contributed by atoms with van der Waals surface area (Å²) in [5.41, 5.74) is 3.63. The summed E-state index contributed by atoms with van der Waals surface area (Å²) < 4.78 is 10.7. The Kier molecular flexibility index (Phi) is 6.49. The average molecular weight is 439 g/mol. The van der Waals surface area contributed by atoms with Gasteiger partial charge in [0, 0.05) is 10.4 Å². The molecule has 0 radical (unpaired) electrons. The Labute approximate surface area is 188 Å². The van der Waals surface area contributed by atoms with Crippen LogP contribution in [0.25, 0.3) is 0 Å². The van der Waals surface area contributed by atoms with Crippen LogP contribution in [0.1, 0.15) is 57.9 Å². The van der Waals surface area contributed by atoms with Crippen LogP contribution in [0.5, 0.6) is 5.75 Å². The first kappa shape index (κ1) is 21.7. The molecule has 1 amide bonds. The summed E-state index contributed by atoms with van der Waals surface area (Å²) >= 11 is 1.64. The number of hydrogen-bond acceptors (Lipinski definition) is 5. The van der Waals surface area contributed by atoms with Crippen LogP contribution in [0.15, 0.2) is 47.1 Å². The lowest BCUT2D eigenvalue weighted by Gasteiger charge is -2.37. The second kappa shape index (κ2) is 9.28. The van der Waals surface area contributed by atoms with Crippen LogP contribution >= 0.6 is 11.3 Å². The van der Waals surface area contributed by atoms with E-state index in [9.17, 15) is 4.79 Å². The van der Waals surface area contributed by atoms with E-state index >= 15 is 0 Å². The predicted octanol–water partition coefficient (Wildman–Crippen LogP) is 6.04. The fourth-order valence-electron chi connectivity index (χ4n) is 4.27. The van der Waals surface area contributed by atoms with Crippen LogP contribution in [0, 0.1) is 19.8 Å². The molecule has 1 aliphatic rings. The quantitative estimate of drug-likeness (QED) is 0.510. The zero-order chi connectivity index (χ0) is 22.0. The van der Waals surface area contributed by atoms with Crippen molar-refractivity contribution in [2.24, 2.45) is 5.92 Å². The molecular formula is C25H30N2O3S. The number of ether oxygens (including phenoxy) is 1. The van der Waals surface area contributed by atoms with Gasteiger partial charge in [-0.05, 0) is 81.1 Å². The van der Waals surface area contributed by atoms with Crippen molar-refractivity contribution in [1.29, 1.82) is 0 Å². The number of furan rings is 1. The van der Waals surface area contributed by atoms with Crippen LogP contribution in [0.3, 0.4) is 0 Å². The molecule has 3 aromatic rings. The molecule has 1 saturated heterocycles. The Bertz CT molecular complexity index is 1020. The number of methoxy groups -OCH3 is 1. The number of carbonyl (C=O) groups is 1. The maximum Gasteiger partial charge on any atom is 0.291 e. The number of thiophene rings is 1. The van der Waals surface area contributed by atoms with Gasteiger partial charge in [-0.2, -0.15) is 0 Å². The lowest BCUT2D eigenvalue weighted by Crippen LogP contribution is -2.37. The smallest absolute Gasteiger partial charge is 0.291 e. The third-order valence-electron chi connectivity index (χ3n) is 6.29. The third-order valence-corrected chi connectivity index (χ3v) is 7.43. The van der Waals surface area contributed by atoms with E-state index in [1.165, 1.54) is 40.7 Å². The summed E-state index contributed by atoms with van der Waals surface area (Å²) in [5, 5.41) is 4.03. The minimum absolute atomic E-state index is 0.0789. The Hall–Kier alpha value is -2.57. The van der Waals surface area contributed by atoms with Gasteiger partial charge in [-0.3, -0.25) is 9.69 Å². The number of piperidine rings is 1. The fraction of sp³-hybridized carbons (Fsp3) is 0.400. The molecule has 0 aliphatic carbocycles. The number of carbonyl (C=O) groups excluding carboxylic acids is 1. The van der Waals surface area contributed by atoms with E-state index in [4.69, 9.17) is 9.15 Å². The van der Waals surface area contributed by atoms with Gasteiger partial charge in [0.2, 0.25) is 0 Å². The number of nitrogens with one attached hydrogen (secondary N) is 1. The fourth-order valence-corrected chi connectivity index (χ4v) is 5.36. The molecule has 1 aliphatic heterocycles. The highest BCUT2D eigenvalue weighted by Crippen LogP contribution is 2.43. The van der Waals surface area contributed by atoms with Gasteiger partial charge in [0.15, 0.2) is 5.76 Å². The Balaban J connectivity index is 1.75. The molecular weight excluding hydrogens is 408 g/mol. The Morgan fingerprint density at radius 2 is 1.90 bits per heavy atom. The number of hydrogen-bond donors (Lipinski definition) is 1. The largest absolute Gasteiger partial charge is 0.497 e. The molecule has 31 heavy (non-hydrogen) atoms. The number of nitrogens with zero attached hydrogens (tertiary/aromatic N) is 1. The lowest BCUT2D eigenvalue weighted by atomic mass is 9.91. The maximum atomic E-state index is 12.8. The number of benzene rings is 1.